The van der Waals surface area contributed by atoms with E-state index in [1.807, 2.05) is 40.4 Å². The number of imidazole rings is 1. The molecule has 140 valence electrons. The van der Waals surface area contributed by atoms with Crippen molar-refractivity contribution < 1.29 is 9.53 Å². The fourth-order valence-corrected chi connectivity index (χ4v) is 3.17. The molecule has 0 fully saturated rings. The maximum absolute atomic E-state index is 12.7. The fourth-order valence-electron chi connectivity index (χ4n) is 2.62. The minimum atomic E-state index is -0.199. The van der Waals surface area contributed by atoms with Crippen molar-refractivity contribution >= 4 is 17.2 Å². The molecule has 0 spiro atoms. The molecule has 0 saturated heterocycles. The second-order valence-electron chi connectivity index (χ2n) is 5.94. The molecule has 0 aliphatic carbocycles. The number of carbonyl (C=O) groups excluding carboxylic acids is 1. The Balaban J connectivity index is 1.42. The Morgan fingerprint density at radius 2 is 2.11 bits per heavy atom. The van der Waals surface area contributed by atoms with Gasteiger partial charge in [0.15, 0.2) is 0 Å². The first kappa shape index (κ1) is 17.9. The lowest BCUT2D eigenvalue weighted by Gasteiger charge is -2.11. The van der Waals surface area contributed by atoms with Crippen LogP contribution in [0.4, 0.5) is 0 Å². The van der Waals surface area contributed by atoms with Crippen LogP contribution in [0.5, 0.6) is 5.75 Å². The lowest BCUT2D eigenvalue weighted by atomic mass is 10.1. The van der Waals surface area contributed by atoms with Crippen molar-refractivity contribution in [2.45, 2.75) is 13.2 Å². The average Bonchev–Trinajstić information content (AvgIpc) is 3.45. The third-order valence-corrected chi connectivity index (χ3v) is 4.66. The molecule has 28 heavy (non-hydrogen) atoms. The van der Waals surface area contributed by atoms with Gasteiger partial charge in [-0.1, -0.05) is 12.1 Å². The third-order valence-electron chi connectivity index (χ3n) is 4.02. The predicted molar refractivity (Wildman–Crippen MR) is 105 cm³/mol. The molecule has 0 radical (unpaired) electrons. The van der Waals surface area contributed by atoms with Crippen LogP contribution >= 0.6 is 11.3 Å². The van der Waals surface area contributed by atoms with Gasteiger partial charge in [0.1, 0.15) is 24.5 Å². The molecule has 0 atom stereocenters. The molecule has 3 heterocycles. The van der Waals surface area contributed by atoms with Gasteiger partial charge in [0.25, 0.3) is 5.91 Å². The van der Waals surface area contributed by atoms with E-state index in [9.17, 15) is 4.79 Å². The summed E-state index contributed by atoms with van der Waals surface area (Å²) < 4.78 is 7.60. The smallest absolute Gasteiger partial charge is 0.255 e. The Morgan fingerprint density at radius 3 is 2.93 bits per heavy atom. The first-order valence-corrected chi connectivity index (χ1v) is 9.54. The summed E-state index contributed by atoms with van der Waals surface area (Å²) in [7, 11) is 0. The Labute approximate surface area is 165 Å². The number of ether oxygens (including phenoxy) is 1. The highest BCUT2D eigenvalue weighted by atomic mass is 32.1. The van der Waals surface area contributed by atoms with E-state index < -0.39 is 0 Å². The van der Waals surface area contributed by atoms with E-state index >= 15 is 0 Å². The van der Waals surface area contributed by atoms with Crippen molar-refractivity contribution in [1.82, 2.24) is 24.8 Å². The number of hydrogen-bond donors (Lipinski definition) is 1. The lowest BCUT2D eigenvalue weighted by Crippen LogP contribution is -2.23. The summed E-state index contributed by atoms with van der Waals surface area (Å²) in [4.78, 5) is 25.2. The van der Waals surface area contributed by atoms with Gasteiger partial charge in [-0.3, -0.25) is 9.36 Å². The van der Waals surface area contributed by atoms with Crippen LogP contribution < -0.4 is 10.1 Å². The van der Waals surface area contributed by atoms with E-state index in [-0.39, 0.29) is 5.91 Å². The van der Waals surface area contributed by atoms with E-state index in [0.717, 1.165) is 17.1 Å². The van der Waals surface area contributed by atoms with Crippen LogP contribution in [0.2, 0.25) is 0 Å². The van der Waals surface area contributed by atoms with E-state index in [1.54, 1.807) is 36.4 Å². The summed E-state index contributed by atoms with van der Waals surface area (Å²) in [5.41, 5.74) is 4.02. The normalized spacial score (nSPS) is 10.6. The summed E-state index contributed by atoms with van der Waals surface area (Å²) in [6, 6.07) is 11.0. The monoisotopic (exact) mass is 391 g/mol. The van der Waals surface area contributed by atoms with Gasteiger partial charge < -0.3 is 10.1 Å². The number of benzene rings is 1. The van der Waals surface area contributed by atoms with Crippen LogP contribution in [-0.2, 0) is 13.2 Å². The van der Waals surface area contributed by atoms with E-state index in [1.165, 1.54) is 11.3 Å². The predicted octanol–water partition coefficient (Wildman–Crippen LogP) is 3.23. The fraction of sp³-hybridized carbons (Fsp3) is 0.100. The molecule has 3 aromatic heterocycles. The molecule has 0 aliphatic rings. The Kier molecular flexibility index (Phi) is 5.39. The van der Waals surface area contributed by atoms with Crippen molar-refractivity contribution in [2.24, 2.45) is 0 Å². The zero-order chi connectivity index (χ0) is 19.2. The number of nitrogens with one attached hydrogen (secondary N) is 1. The Hall–Kier alpha value is -3.52. The molecule has 0 bridgehead atoms. The molecule has 4 rings (SSSR count). The van der Waals surface area contributed by atoms with Gasteiger partial charge >= 0.3 is 0 Å². The van der Waals surface area contributed by atoms with Crippen molar-refractivity contribution in [1.29, 1.82) is 0 Å². The van der Waals surface area contributed by atoms with Crippen molar-refractivity contribution in [2.75, 3.05) is 0 Å². The van der Waals surface area contributed by atoms with Crippen LogP contribution in [-0.4, -0.2) is 25.4 Å². The summed E-state index contributed by atoms with van der Waals surface area (Å²) in [6.07, 6.45) is 6.90. The highest BCUT2D eigenvalue weighted by Crippen LogP contribution is 2.19. The number of pyridine rings is 1. The quantitative estimate of drug-likeness (QED) is 0.523. The van der Waals surface area contributed by atoms with Gasteiger partial charge in [-0.05, 0) is 29.8 Å². The maximum atomic E-state index is 12.7. The number of rotatable bonds is 7. The summed E-state index contributed by atoms with van der Waals surface area (Å²) in [5, 5.41) is 4.86. The van der Waals surface area contributed by atoms with Crippen LogP contribution in [0.1, 0.15) is 21.6 Å². The van der Waals surface area contributed by atoms with E-state index in [4.69, 9.17) is 4.74 Å². The van der Waals surface area contributed by atoms with Gasteiger partial charge in [-0.2, -0.15) is 0 Å². The van der Waals surface area contributed by atoms with Gasteiger partial charge in [0.2, 0.25) is 0 Å². The van der Waals surface area contributed by atoms with Crippen LogP contribution in [0.25, 0.3) is 5.82 Å². The minimum Gasteiger partial charge on any atom is -0.486 e. The number of carbonyl (C=O) groups is 1. The topological polar surface area (TPSA) is 81.9 Å². The molecule has 8 heteroatoms. The van der Waals surface area contributed by atoms with Crippen LogP contribution in [0, 0.1) is 0 Å². The largest absolute Gasteiger partial charge is 0.486 e. The molecular weight excluding hydrogens is 374 g/mol. The number of thiazole rings is 1. The number of para-hydroxylation sites is 1. The van der Waals surface area contributed by atoms with Gasteiger partial charge in [0, 0.05) is 30.5 Å². The maximum Gasteiger partial charge on any atom is 0.255 e. The zero-order valence-corrected chi connectivity index (χ0v) is 15.7. The third kappa shape index (κ3) is 4.24. The molecule has 1 aromatic carbocycles. The summed E-state index contributed by atoms with van der Waals surface area (Å²) in [6.45, 7) is 0.704. The molecule has 7 nitrogen and oxygen atoms in total. The first-order chi connectivity index (χ1) is 13.8. The second kappa shape index (κ2) is 8.45. The van der Waals surface area contributed by atoms with Crippen molar-refractivity contribution in [3.63, 3.8) is 0 Å². The number of amides is 1. The molecule has 1 amide bonds. The first-order valence-electron chi connectivity index (χ1n) is 8.60. The number of nitrogens with zero attached hydrogens (tertiary/aromatic N) is 4. The molecule has 0 aliphatic heterocycles. The Bertz CT molecular complexity index is 1050. The van der Waals surface area contributed by atoms with E-state index in [0.29, 0.717) is 24.5 Å². The highest BCUT2D eigenvalue weighted by Gasteiger charge is 2.12. The Morgan fingerprint density at radius 1 is 1.18 bits per heavy atom. The second-order valence-corrected chi connectivity index (χ2v) is 6.66. The van der Waals surface area contributed by atoms with E-state index in [2.05, 4.69) is 20.3 Å². The summed E-state index contributed by atoms with van der Waals surface area (Å²) >= 11 is 1.51. The van der Waals surface area contributed by atoms with Crippen LogP contribution in [0.3, 0.4) is 0 Å². The van der Waals surface area contributed by atoms with Crippen LogP contribution in [0.15, 0.2) is 72.2 Å². The van der Waals surface area contributed by atoms with Crippen molar-refractivity contribution in [3.8, 4) is 11.6 Å². The molecular formula is C20H17N5O2S. The molecule has 4 aromatic rings. The number of hydrogen-bond acceptors (Lipinski definition) is 6. The zero-order valence-electron chi connectivity index (χ0n) is 14.9. The number of aromatic nitrogens is 4. The average molecular weight is 391 g/mol. The highest BCUT2D eigenvalue weighted by molar-refractivity contribution is 7.07. The summed E-state index contributed by atoms with van der Waals surface area (Å²) in [5.74, 6) is 1.08. The lowest BCUT2D eigenvalue weighted by molar-refractivity contribution is 0.0946. The van der Waals surface area contributed by atoms with Crippen molar-refractivity contribution in [3.05, 3.63) is 89.0 Å². The molecule has 0 saturated carbocycles. The SMILES string of the molecule is O=C(NCc1ccnc(-n2ccnc2)c1)c1ccccc1OCc1cscn1. The standard InChI is InChI=1S/C20H17N5O2S/c26-20(17-3-1-2-4-18(17)27-11-16-12-28-14-24-16)23-10-15-5-6-22-19(9-15)25-8-7-21-13-25/h1-9,12-14H,10-11H2,(H,23,26). The van der Waals surface area contributed by atoms with Gasteiger partial charge in [-0.15, -0.1) is 11.3 Å². The van der Waals surface area contributed by atoms with Gasteiger partial charge in [0.05, 0.1) is 16.8 Å². The molecule has 1 N–H and O–H groups in total. The minimum absolute atomic E-state index is 0.199. The molecule has 0 unspecified atom stereocenters. The van der Waals surface area contributed by atoms with Gasteiger partial charge in [-0.25, -0.2) is 15.0 Å².